The first-order valence-corrected chi connectivity index (χ1v) is 18.3. The minimum atomic E-state index is -1.35. The highest BCUT2D eigenvalue weighted by atomic mass is 35.5. The molecular weight excluding hydrogens is 863 g/mol. The van der Waals surface area contributed by atoms with Gasteiger partial charge < -0.3 is 50.8 Å². The second-order valence-corrected chi connectivity index (χ2v) is 13.9. The molecule has 0 aromatic carbocycles. The molecule has 5 rings (SSSR count). The minimum absolute atomic E-state index is 0. The zero-order chi connectivity index (χ0) is 44.0. The highest BCUT2D eigenvalue weighted by molar-refractivity contribution is 6.03. The average molecular weight is 904 g/mol. The summed E-state index contributed by atoms with van der Waals surface area (Å²) in [4.78, 5) is 112. The molecule has 5 heterocycles. The molecule has 22 heteroatoms. The fraction of sp³-hybridized carbons (Fsp3) is 0.300. The predicted octanol–water partition coefficient (Wildman–Crippen LogP) is 4.95. The highest BCUT2D eigenvalue weighted by Crippen LogP contribution is 2.40. The van der Waals surface area contributed by atoms with E-state index in [0.29, 0.717) is 0 Å². The number of carbonyl (C=O) groups is 8. The molecule has 20 nitrogen and oxygen atoms in total. The van der Waals surface area contributed by atoms with Crippen LogP contribution in [0.25, 0.3) is 44.4 Å². The van der Waals surface area contributed by atoms with Gasteiger partial charge in [-0.3, -0.25) is 38.4 Å². The third-order valence-corrected chi connectivity index (χ3v) is 9.81. The molecule has 3 aromatic rings. The minimum Gasteiger partial charge on any atom is -0.481 e. The van der Waals surface area contributed by atoms with Crippen molar-refractivity contribution in [3.05, 3.63) is 69.3 Å². The van der Waals surface area contributed by atoms with E-state index in [0.717, 1.165) is 0 Å². The van der Waals surface area contributed by atoms with Gasteiger partial charge in [-0.25, -0.2) is 9.97 Å². The van der Waals surface area contributed by atoms with Crippen LogP contribution in [0.15, 0.2) is 24.3 Å². The summed E-state index contributed by atoms with van der Waals surface area (Å²) in [5.74, 6) is -10.3. The van der Waals surface area contributed by atoms with Crippen molar-refractivity contribution in [1.29, 1.82) is 0 Å². The van der Waals surface area contributed by atoms with Crippen LogP contribution in [0.3, 0.4) is 0 Å². The average Bonchev–Trinajstić information content (AvgIpc) is 3.81. The van der Waals surface area contributed by atoms with Crippen LogP contribution in [0.2, 0.25) is 0 Å². The summed E-state index contributed by atoms with van der Waals surface area (Å²) in [7, 11) is 0. The topological polar surface area (TPSA) is 356 Å². The normalized spacial score (nSPS) is 12.0. The smallest absolute Gasteiger partial charge is 0.307 e. The molecule has 0 amide bonds. The number of fused-ring (bicyclic) bond motifs is 8. The number of aliphatic carboxylic acids is 8. The lowest BCUT2D eigenvalue weighted by Gasteiger charge is -2.07. The van der Waals surface area contributed by atoms with E-state index in [-0.39, 0.29) is 140 Å². The molecule has 0 unspecified atom stereocenters. The van der Waals surface area contributed by atoms with Crippen molar-refractivity contribution in [3.63, 3.8) is 0 Å². The van der Waals surface area contributed by atoms with Crippen molar-refractivity contribution in [1.82, 2.24) is 19.9 Å². The Morgan fingerprint density at radius 2 is 0.645 bits per heavy atom. The number of H-pyrrole nitrogens is 2. The van der Waals surface area contributed by atoms with Crippen molar-refractivity contribution in [2.75, 3.05) is 0 Å². The SMILES string of the molecule is Cl.Cl.O=C(O)CCC1=C(CC(=O)O)c2cc3nc(cc4[nH]c(cc5[nH]c(cc1n2)c(CC(=O)O)c5CCC(=O)O)c(CC(=O)O)c4CCC(=O)O)C(CC(=O)O)=C3CCC(=O)O. The number of nitrogens with zero attached hydrogens (tertiary/aromatic N) is 2. The third-order valence-electron chi connectivity index (χ3n) is 9.81. The fourth-order valence-corrected chi connectivity index (χ4v) is 7.37. The van der Waals surface area contributed by atoms with Crippen LogP contribution in [-0.2, 0) is 64.0 Å². The van der Waals surface area contributed by atoms with E-state index < -0.39 is 99.1 Å². The lowest BCUT2D eigenvalue weighted by Crippen LogP contribution is -2.05. The first-order chi connectivity index (χ1) is 28.3. The summed E-state index contributed by atoms with van der Waals surface area (Å²) in [5.41, 5.74) is 1.10. The van der Waals surface area contributed by atoms with Crippen LogP contribution >= 0.6 is 24.8 Å². The van der Waals surface area contributed by atoms with Crippen LogP contribution in [0.1, 0.15) is 96.4 Å². The van der Waals surface area contributed by atoms with Gasteiger partial charge in [0.1, 0.15) is 0 Å². The maximum absolute atomic E-state index is 12.3. The summed E-state index contributed by atoms with van der Waals surface area (Å²) in [5, 5.41) is 78.6. The fourth-order valence-electron chi connectivity index (χ4n) is 7.37. The van der Waals surface area contributed by atoms with Crippen molar-refractivity contribution < 1.29 is 79.2 Å². The molecule has 10 N–H and O–H groups in total. The Balaban J connectivity index is 0.00000512. The quantitative estimate of drug-likeness (QED) is 0.0717. The van der Waals surface area contributed by atoms with E-state index in [9.17, 15) is 79.2 Å². The molecule has 62 heavy (non-hydrogen) atoms. The number of carboxylic acids is 8. The summed E-state index contributed by atoms with van der Waals surface area (Å²) in [6.07, 6.45) is -5.74. The first kappa shape index (κ1) is 49.3. The van der Waals surface area contributed by atoms with Gasteiger partial charge in [-0.15, -0.1) is 24.8 Å². The Hall–Kier alpha value is -7.06. The number of carboxylic acid groups (broad SMARTS) is 8. The second kappa shape index (κ2) is 21.0. The van der Waals surface area contributed by atoms with E-state index in [1.54, 1.807) is 0 Å². The lowest BCUT2D eigenvalue weighted by atomic mass is 9.95. The molecule has 0 fully saturated rings. The number of halogens is 2. The summed E-state index contributed by atoms with van der Waals surface area (Å²) < 4.78 is 0. The molecule has 0 radical (unpaired) electrons. The second-order valence-electron chi connectivity index (χ2n) is 13.9. The molecule has 0 saturated heterocycles. The number of rotatable bonds is 20. The number of hydrogen-bond acceptors (Lipinski definition) is 10. The monoisotopic (exact) mass is 902 g/mol. The van der Waals surface area contributed by atoms with Gasteiger partial charge in [-0.05, 0) is 94.5 Å². The predicted molar refractivity (Wildman–Crippen MR) is 222 cm³/mol. The van der Waals surface area contributed by atoms with Crippen molar-refractivity contribution in [2.24, 2.45) is 0 Å². The van der Waals surface area contributed by atoms with Crippen molar-refractivity contribution >= 4 is 117 Å². The van der Waals surface area contributed by atoms with Gasteiger partial charge >= 0.3 is 47.8 Å². The maximum Gasteiger partial charge on any atom is 0.307 e. The van der Waals surface area contributed by atoms with Gasteiger partial charge in [0, 0.05) is 47.8 Å². The highest BCUT2D eigenvalue weighted by Gasteiger charge is 2.28. The van der Waals surface area contributed by atoms with E-state index in [2.05, 4.69) is 19.9 Å². The van der Waals surface area contributed by atoms with Gasteiger partial charge in [-0.2, -0.15) is 0 Å². The van der Waals surface area contributed by atoms with Crippen molar-refractivity contribution in [3.8, 4) is 0 Å². The molecule has 3 aromatic heterocycles. The Bertz CT molecular complexity index is 2610. The zero-order valence-corrected chi connectivity index (χ0v) is 34.0. The first-order valence-electron chi connectivity index (χ1n) is 18.3. The maximum atomic E-state index is 12.3. The molecule has 2 aliphatic heterocycles. The number of nitrogens with one attached hydrogen (secondary N) is 2. The molecule has 8 bridgehead atoms. The lowest BCUT2D eigenvalue weighted by molar-refractivity contribution is -0.138. The summed E-state index contributed by atoms with van der Waals surface area (Å²) >= 11 is 0. The Labute approximate surface area is 361 Å². The van der Waals surface area contributed by atoms with Gasteiger partial charge in [0.25, 0.3) is 0 Å². The van der Waals surface area contributed by atoms with Gasteiger partial charge in [0.15, 0.2) is 0 Å². The number of aryl methyl sites for hydroxylation is 2. The molecule has 0 atom stereocenters. The molecule has 2 aliphatic rings. The van der Waals surface area contributed by atoms with E-state index in [1.807, 2.05) is 0 Å². The van der Waals surface area contributed by atoms with Gasteiger partial charge in [0.05, 0.1) is 48.5 Å². The molecule has 0 spiro atoms. The van der Waals surface area contributed by atoms with Crippen LogP contribution in [0, 0.1) is 0 Å². The van der Waals surface area contributed by atoms with Gasteiger partial charge in [0.2, 0.25) is 0 Å². The van der Waals surface area contributed by atoms with Gasteiger partial charge in [-0.1, -0.05) is 0 Å². The van der Waals surface area contributed by atoms with Crippen molar-refractivity contribution in [2.45, 2.75) is 77.0 Å². The standard InChI is InChI=1S/C40H38N4O16.2ClH/c45-33(46)5-1-17-21(9-37(53)54)29-14-26-19(3-7-35(49)50)23(11-39(57)58)31(43-26)16-28-20(4-8-36(51)52)24(12-40(59)60)32(44-28)15-27-18(2-6-34(47)48)22(10-38(55)56)30(42-27)13-25(17)41-29;;/h13-16,41-42H,1-12H2,(H,45,46)(H,47,48)(H,49,50)(H,51,52)(H,53,54)(H,55,56)(H,57,58)(H,59,60);2*1H. The number of aromatic nitrogens is 4. The molecule has 330 valence electrons. The van der Waals surface area contributed by atoms with Crippen LogP contribution in [-0.4, -0.2) is 109 Å². The van der Waals surface area contributed by atoms with E-state index >= 15 is 0 Å². The van der Waals surface area contributed by atoms with E-state index in [1.165, 1.54) is 24.3 Å². The Kier molecular flexibility index (Phi) is 16.7. The number of aromatic amines is 2. The molecule has 0 saturated carbocycles. The third kappa shape index (κ3) is 12.0. The number of allylic oxidation sites excluding steroid dienone is 2. The Morgan fingerprint density at radius 1 is 0.355 bits per heavy atom. The zero-order valence-electron chi connectivity index (χ0n) is 32.3. The molecular formula is C40H40Cl2N4O16. The molecule has 0 aliphatic carbocycles. The van der Waals surface area contributed by atoms with Crippen LogP contribution < -0.4 is 0 Å². The largest absolute Gasteiger partial charge is 0.481 e. The number of hydrogen-bond donors (Lipinski definition) is 10. The van der Waals surface area contributed by atoms with Crippen LogP contribution in [0.5, 0.6) is 0 Å². The van der Waals surface area contributed by atoms with E-state index in [4.69, 9.17) is 0 Å². The summed E-state index contributed by atoms with van der Waals surface area (Å²) in [6, 6.07) is 5.39. The summed E-state index contributed by atoms with van der Waals surface area (Å²) in [6.45, 7) is 0. The van der Waals surface area contributed by atoms with Crippen LogP contribution in [0.4, 0.5) is 0 Å². The Morgan fingerprint density at radius 3 is 1.02 bits per heavy atom.